The van der Waals surface area contributed by atoms with Crippen molar-refractivity contribution >= 4 is 23.1 Å². The van der Waals surface area contributed by atoms with Crippen LogP contribution < -0.4 is 11.1 Å². The number of H-pyrrole nitrogens is 1. The van der Waals surface area contributed by atoms with Crippen molar-refractivity contribution in [2.24, 2.45) is 0 Å². The molecule has 4 N–H and O–H groups in total. The van der Waals surface area contributed by atoms with E-state index in [-0.39, 0.29) is 19.0 Å². The van der Waals surface area contributed by atoms with E-state index in [1.54, 1.807) is 0 Å². The fourth-order valence-corrected chi connectivity index (χ4v) is 1.91. The number of benzene rings is 1. The van der Waals surface area contributed by atoms with Crippen LogP contribution in [0.25, 0.3) is 11.2 Å². The molecule has 0 atom stereocenters. The summed E-state index contributed by atoms with van der Waals surface area (Å²) in [4.78, 5) is 26.8. The molecule has 0 saturated heterocycles. The molecule has 0 bridgehead atoms. The van der Waals surface area contributed by atoms with Gasteiger partial charge in [0.15, 0.2) is 17.3 Å². The van der Waals surface area contributed by atoms with E-state index in [0.29, 0.717) is 17.0 Å². The van der Waals surface area contributed by atoms with Crippen LogP contribution in [0.2, 0.25) is 0 Å². The van der Waals surface area contributed by atoms with E-state index in [9.17, 15) is 4.79 Å². The molecular weight excluding hydrogens is 284 g/mol. The van der Waals surface area contributed by atoms with Crippen molar-refractivity contribution in [3.8, 4) is 0 Å². The van der Waals surface area contributed by atoms with Crippen LogP contribution in [0.15, 0.2) is 36.7 Å². The number of nitrogens with zero attached hydrogens (tertiary/aromatic N) is 3. The maximum Gasteiger partial charge on any atom is 0.407 e. The second kappa shape index (κ2) is 6.08. The first-order chi connectivity index (χ1) is 10.7. The molecule has 0 aliphatic carbocycles. The lowest BCUT2D eigenvalue weighted by molar-refractivity contribution is 0.139. The summed E-state index contributed by atoms with van der Waals surface area (Å²) in [5.41, 5.74) is 7.73. The fourth-order valence-electron chi connectivity index (χ4n) is 1.91. The number of hydrogen-bond donors (Lipinski definition) is 3. The predicted octanol–water partition coefficient (Wildman–Crippen LogP) is 1.36. The lowest BCUT2D eigenvalue weighted by Crippen LogP contribution is -2.25. The zero-order valence-corrected chi connectivity index (χ0v) is 11.6. The Hall–Kier alpha value is -3.16. The minimum Gasteiger partial charge on any atom is -0.445 e. The minimum atomic E-state index is -0.548. The molecule has 8 nitrogen and oxygen atoms in total. The number of aromatic nitrogens is 4. The number of alkyl carbamates (subject to hydrolysis) is 1. The number of carbonyl (C=O) groups excluding carboxylic acids is 1. The van der Waals surface area contributed by atoms with Gasteiger partial charge in [-0.1, -0.05) is 30.3 Å². The molecule has 0 spiro atoms. The van der Waals surface area contributed by atoms with Gasteiger partial charge in [0, 0.05) is 0 Å². The number of hydrogen-bond acceptors (Lipinski definition) is 6. The molecule has 0 unspecified atom stereocenters. The zero-order chi connectivity index (χ0) is 15.4. The lowest BCUT2D eigenvalue weighted by atomic mass is 10.2. The maximum absolute atomic E-state index is 11.6. The summed E-state index contributed by atoms with van der Waals surface area (Å²) < 4.78 is 5.09. The van der Waals surface area contributed by atoms with Gasteiger partial charge in [-0.25, -0.2) is 19.7 Å². The number of anilines is 1. The number of imidazole rings is 1. The minimum absolute atomic E-state index is 0.112. The van der Waals surface area contributed by atoms with Crippen LogP contribution in [0.3, 0.4) is 0 Å². The second-order valence-corrected chi connectivity index (χ2v) is 4.54. The molecule has 1 aromatic carbocycles. The summed E-state index contributed by atoms with van der Waals surface area (Å²) in [6, 6.07) is 9.42. The summed E-state index contributed by atoms with van der Waals surface area (Å²) in [6.07, 6.45) is 0.939. The van der Waals surface area contributed by atoms with E-state index in [4.69, 9.17) is 10.5 Å². The summed E-state index contributed by atoms with van der Waals surface area (Å²) in [5.74, 6) is 0.658. The first-order valence-corrected chi connectivity index (χ1v) is 6.62. The third-order valence-corrected chi connectivity index (χ3v) is 2.96. The van der Waals surface area contributed by atoms with Gasteiger partial charge in [0.25, 0.3) is 0 Å². The smallest absolute Gasteiger partial charge is 0.407 e. The highest BCUT2D eigenvalue weighted by atomic mass is 16.5. The van der Waals surface area contributed by atoms with Gasteiger partial charge in [0.1, 0.15) is 12.1 Å². The van der Waals surface area contributed by atoms with Gasteiger partial charge >= 0.3 is 6.09 Å². The Morgan fingerprint density at radius 3 is 2.91 bits per heavy atom. The van der Waals surface area contributed by atoms with Gasteiger partial charge in [-0.15, -0.1) is 0 Å². The normalized spacial score (nSPS) is 10.5. The number of aromatic amines is 1. The summed E-state index contributed by atoms with van der Waals surface area (Å²) in [7, 11) is 0. The van der Waals surface area contributed by atoms with Crippen LogP contribution in [-0.4, -0.2) is 26.0 Å². The van der Waals surface area contributed by atoms with Crippen LogP contribution in [0.1, 0.15) is 11.4 Å². The monoisotopic (exact) mass is 298 g/mol. The van der Waals surface area contributed by atoms with E-state index in [2.05, 4.69) is 25.3 Å². The van der Waals surface area contributed by atoms with Crippen molar-refractivity contribution in [3.63, 3.8) is 0 Å². The number of fused-ring (bicyclic) bond motifs is 1. The standard InChI is InChI=1S/C14H14N6O2/c15-12-11-13(18-8-17-11)20-10(19-12)6-16-14(21)22-7-9-4-2-1-3-5-9/h1-5,8H,6-7H2,(H,16,21)(H3,15,17,18,19,20). The highest BCUT2D eigenvalue weighted by Crippen LogP contribution is 2.12. The molecule has 0 aliphatic rings. The second-order valence-electron chi connectivity index (χ2n) is 4.54. The van der Waals surface area contributed by atoms with Crippen molar-refractivity contribution in [3.05, 3.63) is 48.0 Å². The summed E-state index contributed by atoms with van der Waals surface area (Å²) in [5, 5.41) is 2.57. The van der Waals surface area contributed by atoms with Crippen LogP contribution in [-0.2, 0) is 17.9 Å². The van der Waals surface area contributed by atoms with Gasteiger partial charge in [0.2, 0.25) is 0 Å². The molecule has 8 heteroatoms. The van der Waals surface area contributed by atoms with Crippen molar-refractivity contribution in [2.45, 2.75) is 13.2 Å². The Balaban J connectivity index is 1.55. The SMILES string of the molecule is Nc1nc(CNC(=O)OCc2ccccc2)nc2nc[nH]c12. The molecule has 112 valence electrons. The summed E-state index contributed by atoms with van der Waals surface area (Å²) in [6.45, 7) is 0.314. The van der Waals surface area contributed by atoms with Gasteiger partial charge < -0.3 is 20.8 Å². The largest absolute Gasteiger partial charge is 0.445 e. The zero-order valence-electron chi connectivity index (χ0n) is 11.6. The number of nitrogen functional groups attached to an aromatic ring is 1. The highest BCUT2D eigenvalue weighted by molar-refractivity contribution is 5.80. The molecule has 1 amide bonds. The van der Waals surface area contributed by atoms with Crippen LogP contribution in [0, 0.1) is 0 Å². The van der Waals surface area contributed by atoms with Gasteiger partial charge in [-0.2, -0.15) is 0 Å². The Bertz CT molecular complexity index is 786. The van der Waals surface area contributed by atoms with Crippen molar-refractivity contribution < 1.29 is 9.53 Å². The van der Waals surface area contributed by atoms with E-state index in [0.717, 1.165) is 5.56 Å². The topological polar surface area (TPSA) is 119 Å². The Morgan fingerprint density at radius 2 is 2.09 bits per heavy atom. The van der Waals surface area contributed by atoms with Crippen LogP contribution in [0.5, 0.6) is 0 Å². The number of rotatable bonds is 4. The predicted molar refractivity (Wildman–Crippen MR) is 79.6 cm³/mol. The van der Waals surface area contributed by atoms with Gasteiger partial charge in [0.05, 0.1) is 12.9 Å². The van der Waals surface area contributed by atoms with Gasteiger partial charge in [-0.05, 0) is 5.56 Å². The Labute approximate surface area is 125 Å². The molecule has 0 saturated carbocycles. The van der Waals surface area contributed by atoms with E-state index >= 15 is 0 Å². The highest BCUT2D eigenvalue weighted by Gasteiger charge is 2.09. The molecule has 2 heterocycles. The third kappa shape index (κ3) is 3.11. The van der Waals surface area contributed by atoms with E-state index in [1.165, 1.54) is 6.33 Å². The molecule has 2 aromatic heterocycles. The average Bonchev–Trinajstić information content (AvgIpc) is 3.01. The number of carbonyl (C=O) groups is 1. The van der Waals surface area contributed by atoms with Crippen LogP contribution in [0.4, 0.5) is 10.6 Å². The molecule has 0 fully saturated rings. The number of nitrogens with one attached hydrogen (secondary N) is 2. The first kappa shape index (κ1) is 13.8. The fraction of sp³-hybridized carbons (Fsp3) is 0.143. The number of nitrogens with two attached hydrogens (primary N) is 1. The van der Waals surface area contributed by atoms with E-state index < -0.39 is 6.09 Å². The lowest BCUT2D eigenvalue weighted by Gasteiger charge is -2.07. The maximum atomic E-state index is 11.6. The number of ether oxygens (including phenoxy) is 1. The van der Waals surface area contributed by atoms with Crippen LogP contribution >= 0.6 is 0 Å². The van der Waals surface area contributed by atoms with Crippen molar-refractivity contribution in [1.29, 1.82) is 0 Å². The molecular formula is C14H14N6O2. The molecule has 0 aliphatic heterocycles. The average molecular weight is 298 g/mol. The Morgan fingerprint density at radius 1 is 1.27 bits per heavy atom. The number of amides is 1. The molecule has 3 rings (SSSR count). The molecule has 22 heavy (non-hydrogen) atoms. The van der Waals surface area contributed by atoms with Gasteiger partial charge in [-0.3, -0.25) is 0 Å². The van der Waals surface area contributed by atoms with Crippen molar-refractivity contribution in [1.82, 2.24) is 25.3 Å². The quantitative estimate of drug-likeness (QED) is 0.669. The molecule has 0 radical (unpaired) electrons. The first-order valence-electron chi connectivity index (χ1n) is 6.62. The third-order valence-electron chi connectivity index (χ3n) is 2.96. The Kier molecular flexibility index (Phi) is 3.82. The van der Waals surface area contributed by atoms with E-state index in [1.807, 2.05) is 30.3 Å². The van der Waals surface area contributed by atoms with Crippen molar-refractivity contribution in [2.75, 3.05) is 5.73 Å². The summed E-state index contributed by atoms with van der Waals surface area (Å²) >= 11 is 0. The molecule has 3 aromatic rings.